The molecule has 2 aromatic rings. The highest BCUT2D eigenvalue weighted by atomic mass is 16.6. The van der Waals surface area contributed by atoms with Crippen molar-refractivity contribution in [2.45, 2.75) is 32.8 Å². The molecule has 0 aliphatic rings. The van der Waals surface area contributed by atoms with Crippen LogP contribution in [0.2, 0.25) is 0 Å². The maximum Gasteiger partial charge on any atom is 0.414 e. The first-order valence-corrected chi connectivity index (χ1v) is 8.92. The molecule has 1 aromatic carbocycles. The number of esters is 1. The van der Waals surface area contributed by atoms with E-state index in [1.165, 1.54) is 6.20 Å². The topological polar surface area (TPSA) is 86.8 Å². The van der Waals surface area contributed by atoms with Crippen molar-refractivity contribution in [2.24, 2.45) is 0 Å². The first-order chi connectivity index (χ1) is 13.2. The number of nitrogens with zero attached hydrogens (tertiary/aromatic N) is 1. The first kappa shape index (κ1) is 20.2. The molecule has 1 heterocycles. The second-order valence-corrected chi connectivity index (χ2v) is 5.75. The van der Waals surface area contributed by atoms with E-state index in [2.05, 4.69) is 17.2 Å². The molecule has 0 saturated carbocycles. The summed E-state index contributed by atoms with van der Waals surface area (Å²) in [7, 11) is 0. The number of carbonyl (C=O) groups is 2. The number of amides is 1. The molecule has 7 nitrogen and oxygen atoms in total. The van der Waals surface area contributed by atoms with Gasteiger partial charge in [-0.25, -0.2) is 9.78 Å². The van der Waals surface area contributed by atoms with Gasteiger partial charge >= 0.3 is 12.1 Å². The predicted molar refractivity (Wildman–Crippen MR) is 99.5 cm³/mol. The average molecular weight is 372 g/mol. The molecule has 7 heteroatoms. The minimum atomic E-state index is -0.802. The second kappa shape index (κ2) is 11.5. The van der Waals surface area contributed by atoms with E-state index < -0.39 is 12.1 Å². The average Bonchev–Trinajstić information content (AvgIpc) is 2.70. The highest BCUT2D eigenvalue weighted by Gasteiger charge is 2.13. The SMILES string of the molecule is CCCCCOC(=O)CNC(=O)Oc1ncccc1OCc1ccccc1. The standard InChI is InChI=1S/C20H24N2O5/c1-2-3-7-13-25-18(23)14-22-20(24)27-19-17(11-8-12-21-19)26-15-16-9-5-4-6-10-16/h4-6,8-12H,2-3,7,13-15H2,1H3,(H,22,24). The van der Waals surface area contributed by atoms with Crippen LogP contribution >= 0.6 is 0 Å². The smallest absolute Gasteiger partial charge is 0.414 e. The highest BCUT2D eigenvalue weighted by Crippen LogP contribution is 2.24. The summed E-state index contributed by atoms with van der Waals surface area (Å²) >= 11 is 0. The highest BCUT2D eigenvalue weighted by molar-refractivity contribution is 5.78. The molecule has 0 aliphatic carbocycles. The van der Waals surface area contributed by atoms with Crippen LogP contribution in [0.3, 0.4) is 0 Å². The Kier molecular flexibility index (Phi) is 8.62. The molecule has 0 saturated heterocycles. The molecule has 0 fully saturated rings. The fourth-order valence-corrected chi connectivity index (χ4v) is 2.16. The molecule has 1 amide bonds. The number of pyridine rings is 1. The van der Waals surface area contributed by atoms with Crippen LogP contribution in [0.25, 0.3) is 0 Å². The van der Waals surface area contributed by atoms with Crippen LogP contribution in [0.15, 0.2) is 48.7 Å². The number of benzene rings is 1. The number of hydrogen-bond acceptors (Lipinski definition) is 6. The Morgan fingerprint density at radius 3 is 2.67 bits per heavy atom. The van der Waals surface area contributed by atoms with E-state index in [-0.39, 0.29) is 12.4 Å². The number of rotatable bonds is 10. The van der Waals surface area contributed by atoms with Crippen molar-refractivity contribution in [3.05, 3.63) is 54.2 Å². The van der Waals surface area contributed by atoms with Gasteiger partial charge < -0.3 is 19.5 Å². The lowest BCUT2D eigenvalue weighted by atomic mass is 10.2. The maximum atomic E-state index is 11.9. The number of nitrogens with one attached hydrogen (secondary N) is 1. The van der Waals surface area contributed by atoms with Gasteiger partial charge in [0.25, 0.3) is 5.88 Å². The van der Waals surface area contributed by atoms with Crippen molar-refractivity contribution in [3.63, 3.8) is 0 Å². The Labute approximate surface area is 158 Å². The molecule has 0 bridgehead atoms. The Morgan fingerprint density at radius 2 is 1.89 bits per heavy atom. The lowest BCUT2D eigenvalue weighted by Crippen LogP contribution is -2.33. The molecule has 1 N–H and O–H groups in total. The predicted octanol–water partition coefficient (Wildman–Crippen LogP) is 3.48. The van der Waals surface area contributed by atoms with E-state index in [0.29, 0.717) is 19.0 Å². The summed E-state index contributed by atoms with van der Waals surface area (Å²) in [6.45, 7) is 2.46. The number of carbonyl (C=O) groups excluding carboxylic acids is 2. The van der Waals surface area contributed by atoms with Crippen molar-refractivity contribution >= 4 is 12.1 Å². The Hall–Kier alpha value is -3.09. The lowest BCUT2D eigenvalue weighted by Gasteiger charge is -2.11. The van der Waals surface area contributed by atoms with E-state index in [1.807, 2.05) is 30.3 Å². The Morgan fingerprint density at radius 1 is 1.07 bits per heavy atom. The minimum Gasteiger partial charge on any atom is -0.483 e. The van der Waals surface area contributed by atoms with E-state index in [0.717, 1.165) is 24.8 Å². The van der Waals surface area contributed by atoms with Crippen LogP contribution in [0.1, 0.15) is 31.7 Å². The summed E-state index contributed by atoms with van der Waals surface area (Å²) in [5, 5.41) is 2.34. The zero-order valence-electron chi connectivity index (χ0n) is 15.3. The quantitative estimate of drug-likeness (QED) is 0.507. The van der Waals surface area contributed by atoms with Crippen molar-refractivity contribution in [1.29, 1.82) is 0 Å². The van der Waals surface area contributed by atoms with Crippen molar-refractivity contribution in [2.75, 3.05) is 13.2 Å². The zero-order chi connectivity index (χ0) is 19.3. The summed E-state index contributed by atoms with van der Waals surface area (Å²) < 4.78 is 15.8. The van der Waals surface area contributed by atoms with E-state index in [9.17, 15) is 9.59 Å². The van der Waals surface area contributed by atoms with Gasteiger partial charge in [-0.1, -0.05) is 50.1 Å². The van der Waals surface area contributed by atoms with Crippen LogP contribution in [0.5, 0.6) is 11.6 Å². The minimum absolute atomic E-state index is 0.0299. The Bertz CT molecular complexity index is 721. The zero-order valence-corrected chi connectivity index (χ0v) is 15.3. The van der Waals surface area contributed by atoms with Gasteiger partial charge in [-0.05, 0) is 24.1 Å². The van der Waals surface area contributed by atoms with Crippen LogP contribution in [0.4, 0.5) is 4.79 Å². The lowest BCUT2D eigenvalue weighted by molar-refractivity contribution is -0.142. The summed E-state index contributed by atoms with van der Waals surface area (Å²) in [4.78, 5) is 27.4. The van der Waals surface area contributed by atoms with Crippen LogP contribution < -0.4 is 14.8 Å². The normalized spacial score (nSPS) is 10.1. The van der Waals surface area contributed by atoms with Gasteiger partial charge in [-0.15, -0.1) is 0 Å². The number of hydrogen-bond donors (Lipinski definition) is 1. The molecule has 1 aromatic heterocycles. The van der Waals surface area contributed by atoms with Gasteiger partial charge in [-0.3, -0.25) is 4.79 Å². The van der Waals surface area contributed by atoms with Crippen LogP contribution in [-0.4, -0.2) is 30.2 Å². The van der Waals surface area contributed by atoms with Gasteiger partial charge in [-0.2, -0.15) is 0 Å². The van der Waals surface area contributed by atoms with E-state index in [4.69, 9.17) is 14.2 Å². The third-order valence-corrected chi connectivity index (χ3v) is 3.55. The number of ether oxygens (including phenoxy) is 3. The molecule has 27 heavy (non-hydrogen) atoms. The molecule has 2 rings (SSSR count). The number of aromatic nitrogens is 1. The second-order valence-electron chi connectivity index (χ2n) is 5.75. The number of unbranched alkanes of at least 4 members (excludes halogenated alkanes) is 2. The van der Waals surface area contributed by atoms with Gasteiger partial charge in [0.2, 0.25) is 0 Å². The third kappa shape index (κ3) is 7.77. The third-order valence-electron chi connectivity index (χ3n) is 3.55. The molecular weight excluding hydrogens is 348 g/mol. The van der Waals surface area contributed by atoms with Crippen molar-refractivity contribution in [3.8, 4) is 11.6 Å². The molecule has 0 aliphatic heterocycles. The maximum absolute atomic E-state index is 11.9. The van der Waals surface area contributed by atoms with Gasteiger partial charge in [0.15, 0.2) is 5.75 Å². The van der Waals surface area contributed by atoms with E-state index in [1.54, 1.807) is 12.1 Å². The van der Waals surface area contributed by atoms with Crippen LogP contribution in [-0.2, 0) is 16.1 Å². The van der Waals surface area contributed by atoms with Crippen molar-refractivity contribution in [1.82, 2.24) is 10.3 Å². The van der Waals surface area contributed by atoms with Gasteiger partial charge in [0, 0.05) is 6.20 Å². The molecular formula is C20H24N2O5. The molecule has 0 spiro atoms. The van der Waals surface area contributed by atoms with Crippen molar-refractivity contribution < 1.29 is 23.8 Å². The molecule has 0 unspecified atom stereocenters. The summed E-state index contributed by atoms with van der Waals surface area (Å²) in [6, 6.07) is 12.9. The molecule has 144 valence electrons. The fraction of sp³-hybridized carbons (Fsp3) is 0.350. The largest absolute Gasteiger partial charge is 0.483 e. The summed E-state index contributed by atoms with van der Waals surface area (Å²) in [5.74, 6) is -0.148. The Balaban J connectivity index is 1.79. The monoisotopic (exact) mass is 372 g/mol. The van der Waals surface area contributed by atoms with Crippen LogP contribution in [0, 0.1) is 0 Å². The van der Waals surface area contributed by atoms with Gasteiger partial charge in [0.1, 0.15) is 13.2 Å². The summed E-state index contributed by atoms with van der Waals surface area (Å²) in [5.41, 5.74) is 0.975. The van der Waals surface area contributed by atoms with Gasteiger partial charge in [0.05, 0.1) is 6.61 Å². The molecule has 0 atom stereocenters. The first-order valence-electron chi connectivity index (χ1n) is 8.92. The fourth-order valence-electron chi connectivity index (χ4n) is 2.16. The molecule has 0 radical (unpaired) electrons. The summed E-state index contributed by atoms with van der Waals surface area (Å²) in [6.07, 6.45) is 3.53. The van der Waals surface area contributed by atoms with E-state index >= 15 is 0 Å².